The molecule has 1 amide bonds. The molecule has 0 bridgehead atoms. The number of likely N-dealkylation sites (N-methyl/N-ethyl adjacent to an activating group) is 1. The molecule has 1 atom stereocenters. The Bertz CT molecular complexity index is 676. The molecule has 1 heterocycles. The Morgan fingerprint density at radius 2 is 2.08 bits per heavy atom. The molecule has 1 fully saturated rings. The number of rotatable bonds is 5. The average Bonchev–Trinajstić information content (AvgIpc) is 2.79. The van der Waals surface area contributed by atoms with Crippen LogP contribution in [0.2, 0.25) is 0 Å². The summed E-state index contributed by atoms with van der Waals surface area (Å²) in [6, 6.07) is 4.62. The van der Waals surface area contributed by atoms with Gasteiger partial charge in [0.2, 0.25) is 0 Å². The Balaban J connectivity index is 2.12. The molecular weight excluding hydrogens is 326 g/mol. The van der Waals surface area contributed by atoms with Gasteiger partial charge >= 0.3 is 5.97 Å². The summed E-state index contributed by atoms with van der Waals surface area (Å²) in [7, 11) is 1.77. The van der Waals surface area contributed by atoms with Crippen LogP contribution < -0.4 is 0 Å². The van der Waals surface area contributed by atoms with Crippen molar-refractivity contribution in [3.63, 3.8) is 0 Å². The van der Waals surface area contributed by atoms with E-state index in [4.69, 9.17) is 5.11 Å². The Hall–Kier alpha value is -2.48. The Kier molecular flexibility index (Phi) is 6.08. The number of carbonyl (C=O) groups is 2. The van der Waals surface area contributed by atoms with Gasteiger partial charge in [0.1, 0.15) is 5.56 Å². The third kappa shape index (κ3) is 4.76. The van der Waals surface area contributed by atoms with Gasteiger partial charge in [-0.2, -0.15) is 0 Å². The first-order valence-corrected chi connectivity index (χ1v) is 8.26. The van der Waals surface area contributed by atoms with E-state index < -0.39 is 10.9 Å². The molecule has 1 aliphatic heterocycles. The summed E-state index contributed by atoms with van der Waals surface area (Å²) < 4.78 is 0. The van der Waals surface area contributed by atoms with Gasteiger partial charge in [0.25, 0.3) is 11.6 Å². The topological polar surface area (TPSA) is 104 Å². The lowest BCUT2D eigenvalue weighted by Crippen LogP contribution is -2.37. The summed E-state index contributed by atoms with van der Waals surface area (Å²) in [5.41, 5.74) is 0.726. The van der Waals surface area contributed by atoms with Gasteiger partial charge in [-0.25, -0.2) is 0 Å². The van der Waals surface area contributed by atoms with Crippen LogP contribution in [0, 0.1) is 17.0 Å². The molecule has 1 N–H and O–H groups in total. The number of aliphatic carboxylic acids is 1. The molecule has 0 spiro atoms. The molecule has 1 aromatic carbocycles. The number of nitrogens with zero attached hydrogens (tertiary/aromatic N) is 3. The zero-order valence-electron chi connectivity index (χ0n) is 14.5. The van der Waals surface area contributed by atoms with Crippen molar-refractivity contribution < 1.29 is 19.6 Å². The van der Waals surface area contributed by atoms with Crippen molar-refractivity contribution in [3.8, 4) is 0 Å². The van der Waals surface area contributed by atoms with Crippen LogP contribution in [0.4, 0.5) is 5.69 Å². The standard InChI is InChI=1S/C17H23N3O5/c1-12-5-6-15(20(24)25)14(10-12)17(23)19-8-3-4-13(7-9-19)18(2)11-16(21)22/h5-6,10,13H,3-4,7-9,11H2,1-2H3,(H,21,22). The summed E-state index contributed by atoms with van der Waals surface area (Å²) in [4.78, 5) is 37.7. The number of carbonyl (C=O) groups excluding carboxylic acids is 1. The molecule has 0 aromatic heterocycles. The van der Waals surface area contributed by atoms with Crippen molar-refractivity contribution in [2.75, 3.05) is 26.7 Å². The minimum Gasteiger partial charge on any atom is -0.480 e. The number of nitro benzene ring substituents is 1. The number of aryl methyl sites for hydroxylation is 1. The van der Waals surface area contributed by atoms with Gasteiger partial charge in [0, 0.05) is 25.2 Å². The molecule has 2 rings (SSSR count). The highest BCUT2D eigenvalue weighted by molar-refractivity contribution is 5.98. The second-order valence-electron chi connectivity index (χ2n) is 6.46. The van der Waals surface area contributed by atoms with Crippen LogP contribution in [-0.4, -0.2) is 64.4 Å². The van der Waals surface area contributed by atoms with Crippen LogP contribution in [0.5, 0.6) is 0 Å². The summed E-state index contributed by atoms with van der Waals surface area (Å²) in [5, 5.41) is 20.1. The molecule has 0 aliphatic carbocycles. The molecule has 0 radical (unpaired) electrons. The summed E-state index contributed by atoms with van der Waals surface area (Å²) in [6.07, 6.45) is 2.18. The van der Waals surface area contributed by atoms with E-state index >= 15 is 0 Å². The molecule has 1 aliphatic rings. The van der Waals surface area contributed by atoms with Crippen molar-refractivity contribution in [2.45, 2.75) is 32.2 Å². The average molecular weight is 349 g/mol. The predicted octanol–water partition coefficient (Wildman–Crippen LogP) is 1.91. The minimum absolute atomic E-state index is 0.0397. The third-order valence-electron chi connectivity index (χ3n) is 4.57. The van der Waals surface area contributed by atoms with Crippen LogP contribution in [0.3, 0.4) is 0 Å². The largest absolute Gasteiger partial charge is 0.480 e. The van der Waals surface area contributed by atoms with E-state index in [1.807, 2.05) is 0 Å². The first-order valence-electron chi connectivity index (χ1n) is 8.26. The van der Waals surface area contributed by atoms with E-state index in [1.54, 1.807) is 35.9 Å². The van der Waals surface area contributed by atoms with Crippen LogP contribution in [-0.2, 0) is 4.79 Å². The number of hydrogen-bond acceptors (Lipinski definition) is 5. The number of carboxylic acid groups (broad SMARTS) is 1. The van der Waals surface area contributed by atoms with E-state index in [2.05, 4.69) is 0 Å². The second-order valence-corrected chi connectivity index (χ2v) is 6.46. The maximum atomic E-state index is 12.8. The van der Waals surface area contributed by atoms with Crippen LogP contribution >= 0.6 is 0 Å². The fourth-order valence-electron chi connectivity index (χ4n) is 3.22. The second kappa shape index (κ2) is 8.06. The van der Waals surface area contributed by atoms with Gasteiger partial charge in [-0.3, -0.25) is 24.6 Å². The monoisotopic (exact) mass is 349 g/mol. The van der Waals surface area contributed by atoms with E-state index in [9.17, 15) is 19.7 Å². The van der Waals surface area contributed by atoms with Crippen LogP contribution in [0.15, 0.2) is 18.2 Å². The van der Waals surface area contributed by atoms with Crippen LogP contribution in [0.1, 0.15) is 35.2 Å². The van der Waals surface area contributed by atoms with E-state index in [0.29, 0.717) is 19.5 Å². The van der Waals surface area contributed by atoms with Crippen molar-refractivity contribution in [3.05, 3.63) is 39.4 Å². The smallest absolute Gasteiger partial charge is 0.317 e. The van der Waals surface area contributed by atoms with Crippen molar-refractivity contribution >= 4 is 17.6 Å². The predicted molar refractivity (Wildman–Crippen MR) is 91.6 cm³/mol. The number of carboxylic acids is 1. The van der Waals surface area contributed by atoms with Gasteiger partial charge in [-0.1, -0.05) is 6.07 Å². The molecule has 0 saturated carbocycles. The molecule has 8 nitrogen and oxygen atoms in total. The van der Waals surface area contributed by atoms with Crippen molar-refractivity contribution in [2.24, 2.45) is 0 Å². The lowest BCUT2D eigenvalue weighted by atomic mass is 10.1. The molecule has 136 valence electrons. The molecule has 8 heteroatoms. The first kappa shape index (κ1) is 18.9. The number of amides is 1. The minimum atomic E-state index is -0.880. The van der Waals surface area contributed by atoms with Crippen molar-refractivity contribution in [1.82, 2.24) is 9.80 Å². The normalized spacial score (nSPS) is 18.0. The highest BCUT2D eigenvalue weighted by Gasteiger charge is 2.28. The highest BCUT2D eigenvalue weighted by Crippen LogP contribution is 2.24. The van der Waals surface area contributed by atoms with Gasteiger partial charge in [0.05, 0.1) is 11.5 Å². The zero-order valence-corrected chi connectivity index (χ0v) is 14.5. The number of nitro groups is 1. The number of benzene rings is 1. The summed E-state index contributed by atoms with van der Waals surface area (Å²) in [5.74, 6) is -1.22. The Morgan fingerprint density at radius 1 is 1.36 bits per heavy atom. The maximum Gasteiger partial charge on any atom is 0.317 e. The van der Waals surface area contributed by atoms with Crippen molar-refractivity contribution in [1.29, 1.82) is 0 Å². The van der Waals surface area contributed by atoms with Gasteiger partial charge < -0.3 is 10.0 Å². The van der Waals surface area contributed by atoms with Gasteiger partial charge in [-0.15, -0.1) is 0 Å². The highest BCUT2D eigenvalue weighted by atomic mass is 16.6. The van der Waals surface area contributed by atoms with Crippen LogP contribution in [0.25, 0.3) is 0 Å². The first-order chi connectivity index (χ1) is 11.8. The number of hydrogen-bond donors (Lipinski definition) is 1. The molecule has 1 unspecified atom stereocenters. The Morgan fingerprint density at radius 3 is 2.72 bits per heavy atom. The summed E-state index contributed by atoms with van der Waals surface area (Å²) in [6.45, 7) is 2.72. The quantitative estimate of drug-likeness (QED) is 0.643. The molecule has 1 saturated heterocycles. The van der Waals surface area contributed by atoms with Gasteiger partial charge in [-0.05, 0) is 44.9 Å². The van der Waals surface area contributed by atoms with E-state index in [-0.39, 0.29) is 29.7 Å². The van der Waals surface area contributed by atoms with Gasteiger partial charge in [0.15, 0.2) is 0 Å². The third-order valence-corrected chi connectivity index (χ3v) is 4.57. The fourth-order valence-corrected chi connectivity index (χ4v) is 3.22. The summed E-state index contributed by atoms with van der Waals surface area (Å²) >= 11 is 0. The van der Waals surface area contributed by atoms with E-state index in [1.165, 1.54) is 6.07 Å². The lowest BCUT2D eigenvalue weighted by molar-refractivity contribution is -0.385. The molecule has 1 aromatic rings. The fraction of sp³-hybridized carbons (Fsp3) is 0.529. The van der Waals surface area contributed by atoms with E-state index in [0.717, 1.165) is 18.4 Å². The molecule has 25 heavy (non-hydrogen) atoms. The lowest BCUT2D eigenvalue weighted by Gasteiger charge is -2.25. The molecular formula is C17H23N3O5. The SMILES string of the molecule is Cc1ccc([N+](=O)[O-])c(C(=O)N2CCCC(N(C)CC(=O)O)CC2)c1. The Labute approximate surface area is 146 Å². The maximum absolute atomic E-state index is 12.8. The number of likely N-dealkylation sites (tertiary alicyclic amines) is 1. The zero-order chi connectivity index (χ0) is 18.6.